The molecule has 1 unspecified atom stereocenters. The number of hydroxylamine groups is 1. The van der Waals surface area contributed by atoms with Gasteiger partial charge in [-0.15, -0.1) is 0 Å². The zero-order valence-electron chi connectivity index (χ0n) is 12.4. The molecule has 0 spiro atoms. The molecule has 2 atom stereocenters. The second-order valence-corrected chi connectivity index (χ2v) is 5.79. The van der Waals surface area contributed by atoms with E-state index >= 15 is 0 Å². The summed E-state index contributed by atoms with van der Waals surface area (Å²) in [4.78, 5) is 24.7. The topological polar surface area (TPSA) is 89.9 Å². The average Bonchev–Trinajstić information content (AvgIpc) is 2.96. The van der Waals surface area contributed by atoms with Crippen molar-refractivity contribution < 1.29 is 19.9 Å². The molecule has 3 N–H and O–H groups in total. The minimum atomic E-state index is -0.803. The summed E-state index contributed by atoms with van der Waals surface area (Å²) in [5, 5.41) is 18.0. The predicted molar refractivity (Wildman–Crippen MR) is 80.4 cm³/mol. The number of carbonyl (C=O) groups is 2. The van der Waals surface area contributed by atoms with Gasteiger partial charge in [0.1, 0.15) is 6.04 Å². The smallest absolute Gasteiger partial charge is 0.320 e. The standard InChI is InChI=1S/C16H22N2O4/c19-15(17-22)10-13(9-12-5-2-1-3-6-12)11-18-8-4-7-14(18)16(20)21/h1-3,5-6,13-14,22H,4,7-11H2,(H,17,19)(H,20,21)/t13?,14-/m0/s1. The number of nitrogens with one attached hydrogen (secondary N) is 1. The Morgan fingerprint density at radius 3 is 2.68 bits per heavy atom. The maximum absolute atomic E-state index is 11.5. The number of carbonyl (C=O) groups excluding carboxylic acids is 1. The van der Waals surface area contributed by atoms with Crippen molar-refractivity contribution in [3.8, 4) is 0 Å². The van der Waals surface area contributed by atoms with E-state index in [2.05, 4.69) is 0 Å². The van der Waals surface area contributed by atoms with Crippen molar-refractivity contribution in [3.05, 3.63) is 35.9 Å². The molecular weight excluding hydrogens is 284 g/mol. The highest BCUT2D eigenvalue weighted by molar-refractivity contribution is 5.75. The summed E-state index contributed by atoms with van der Waals surface area (Å²) in [5.74, 6) is -1.27. The van der Waals surface area contributed by atoms with Crippen molar-refractivity contribution in [3.63, 3.8) is 0 Å². The number of carboxylic acid groups (broad SMARTS) is 1. The summed E-state index contributed by atoms with van der Waals surface area (Å²) in [6, 6.07) is 9.32. The Morgan fingerprint density at radius 1 is 1.32 bits per heavy atom. The van der Waals surface area contributed by atoms with Gasteiger partial charge in [0.05, 0.1) is 0 Å². The Labute approximate surface area is 129 Å². The van der Waals surface area contributed by atoms with Gasteiger partial charge < -0.3 is 5.11 Å². The fraction of sp³-hybridized carbons (Fsp3) is 0.500. The Morgan fingerprint density at radius 2 is 2.05 bits per heavy atom. The first-order valence-corrected chi connectivity index (χ1v) is 7.54. The van der Waals surface area contributed by atoms with Gasteiger partial charge in [0.25, 0.3) is 0 Å². The highest BCUT2D eigenvalue weighted by Gasteiger charge is 2.32. The second-order valence-electron chi connectivity index (χ2n) is 5.79. The number of nitrogens with zero attached hydrogens (tertiary/aromatic N) is 1. The number of likely N-dealkylation sites (tertiary alicyclic amines) is 1. The molecule has 6 nitrogen and oxygen atoms in total. The van der Waals surface area contributed by atoms with E-state index in [0.29, 0.717) is 19.4 Å². The summed E-state index contributed by atoms with van der Waals surface area (Å²) in [5.41, 5.74) is 2.77. The molecule has 0 bridgehead atoms. The summed E-state index contributed by atoms with van der Waals surface area (Å²) >= 11 is 0. The first kappa shape index (κ1) is 16.5. The molecule has 1 aliphatic rings. The van der Waals surface area contributed by atoms with E-state index in [1.165, 1.54) is 0 Å². The fourth-order valence-electron chi connectivity index (χ4n) is 3.11. The number of amides is 1. The van der Waals surface area contributed by atoms with Gasteiger partial charge in [0.15, 0.2) is 0 Å². The average molecular weight is 306 g/mol. The first-order chi connectivity index (χ1) is 10.6. The largest absolute Gasteiger partial charge is 0.480 e. The van der Waals surface area contributed by atoms with Crippen LogP contribution in [0.3, 0.4) is 0 Å². The Balaban J connectivity index is 2.03. The number of aliphatic carboxylic acids is 1. The fourth-order valence-corrected chi connectivity index (χ4v) is 3.11. The molecule has 0 radical (unpaired) electrons. The van der Waals surface area contributed by atoms with Crippen LogP contribution in [0.15, 0.2) is 30.3 Å². The number of hydrogen-bond acceptors (Lipinski definition) is 4. The lowest BCUT2D eigenvalue weighted by Gasteiger charge is -2.26. The van der Waals surface area contributed by atoms with Crippen LogP contribution in [-0.2, 0) is 16.0 Å². The van der Waals surface area contributed by atoms with Crippen LogP contribution >= 0.6 is 0 Å². The van der Waals surface area contributed by atoms with Crippen molar-refractivity contribution >= 4 is 11.9 Å². The van der Waals surface area contributed by atoms with Crippen LogP contribution in [0.2, 0.25) is 0 Å². The van der Waals surface area contributed by atoms with E-state index in [1.807, 2.05) is 35.2 Å². The number of benzene rings is 1. The van der Waals surface area contributed by atoms with Crippen LogP contribution in [0.4, 0.5) is 0 Å². The molecule has 120 valence electrons. The van der Waals surface area contributed by atoms with Gasteiger partial charge >= 0.3 is 5.97 Å². The van der Waals surface area contributed by atoms with Gasteiger partial charge in [0.2, 0.25) is 5.91 Å². The Hall–Kier alpha value is -1.92. The van der Waals surface area contributed by atoms with E-state index in [4.69, 9.17) is 5.21 Å². The molecule has 1 amide bonds. The molecule has 0 saturated carbocycles. The van der Waals surface area contributed by atoms with Crippen LogP contribution in [0.25, 0.3) is 0 Å². The van der Waals surface area contributed by atoms with E-state index in [-0.39, 0.29) is 12.3 Å². The minimum absolute atomic E-state index is 0.0329. The van der Waals surface area contributed by atoms with Crippen LogP contribution in [0, 0.1) is 5.92 Å². The van der Waals surface area contributed by atoms with E-state index in [1.54, 1.807) is 5.48 Å². The lowest BCUT2D eigenvalue weighted by Crippen LogP contribution is -2.40. The van der Waals surface area contributed by atoms with Crippen LogP contribution in [-0.4, -0.2) is 46.2 Å². The second kappa shape index (κ2) is 7.91. The maximum atomic E-state index is 11.5. The van der Waals surface area contributed by atoms with Gasteiger partial charge in [0, 0.05) is 13.0 Å². The van der Waals surface area contributed by atoms with Gasteiger partial charge in [-0.3, -0.25) is 19.7 Å². The summed E-state index contributed by atoms with van der Waals surface area (Å²) in [7, 11) is 0. The normalized spacial score (nSPS) is 19.8. The number of rotatable bonds is 7. The molecule has 1 aromatic rings. The number of hydrogen-bond donors (Lipinski definition) is 3. The molecule has 22 heavy (non-hydrogen) atoms. The zero-order valence-corrected chi connectivity index (χ0v) is 12.4. The van der Waals surface area contributed by atoms with Crippen LogP contribution < -0.4 is 5.48 Å². The molecule has 1 aromatic carbocycles. The van der Waals surface area contributed by atoms with Gasteiger partial charge in [-0.25, -0.2) is 5.48 Å². The number of carboxylic acids is 1. The van der Waals surface area contributed by atoms with Crippen molar-refractivity contribution in [1.82, 2.24) is 10.4 Å². The first-order valence-electron chi connectivity index (χ1n) is 7.54. The Bertz CT molecular complexity index is 506. The third-order valence-electron chi connectivity index (χ3n) is 4.11. The van der Waals surface area contributed by atoms with Gasteiger partial charge in [-0.05, 0) is 37.3 Å². The molecule has 1 saturated heterocycles. The summed E-state index contributed by atoms with van der Waals surface area (Å²) in [6.45, 7) is 1.28. The third-order valence-corrected chi connectivity index (χ3v) is 4.11. The summed E-state index contributed by atoms with van der Waals surface area (Å²) in [6.07, 6.45) is 2.37. The van der Waals surface area contributed by atoms with E-state index in [0.717, 1.165) is 18.5 Å². The van der Waals surface area contributed by atoms with Crippen molar-refractivity contribution in [2.24, 2.45) is 5.92 Å². The molecule has 6 heteroatoms. The minimum Gasteiger partial charge on any atom is -0.480 e. The molecular formula is C16H22N2O4. The van der Waals surface area contributed by atoms with Gasteiger partial charge in [-0.1, -0.05) is 30.3 Å². The quantitative estimate of drug-likeness (QED) is 0.522. The highest BCUT2D eigenvalue weighted by atomic mass is 16.5. The molecule has 1 fully saturated rings. The predicted octanol–water partition coefficient (Wildman–Crippen LogP) is 1.29. The van der Waals surface area contributed by atoms with Crippen LogP contribution in [0.5, 0.6) is 0 Å². The van der Waals surface area contributed by atoms with E-state index in [9.17, 15) is 14.7 Å². The summed E-state index contributed by atoms with van der Waals surface area (Å²) < 4.78 is 0. The molecule has 0 aliphatic carbocycles. The van der Waals surface area contributed by atoms with Crippen molar-refractivity contribution in [1.29, 1.82) is 0 Å². The Kier molecular flexibility index (Phi) is 5.91. The van der Waals surface area contributed by atoms with E-state index < -0.39 is 17.9 Å². The van der Waals surface area contributed by atoms with Gasteiger partial charge in [-0.2, -0.15) is 0 Å². The van der Waals surface area contributed by atoms with Crippen LogP contribution in [0.1, 0.15) is 24.8 Å². The maximum Gasteiger partial charge on any atom is 0.320 e. The SMILES string of the molecule is O=C(CC(Cc1ccccc1)CN1CCC[C@H]1C(=O)O)NO. The van der Waals surface area contributed by atoms with Crippen molar-refractivity contribution in [2.75, 3.05) is 13.1 Å². The lowest BCUT2D eigenvalue weighted by molar-refractivity contribution is -0.142. The highest BCUT2D eigenvalue weighted by Crippen LogP contribution is 2.22. The van der Waals surface area contributed by atoms with Crippen molar-refractivity contribution in [2.45, 2.75) is 31.7 Å². The monoisotopic (exact) mass is 306 g/mol. The lowest BCUT2D eigenvalue weighted by atomic mass is 9.95. The molecule has 0 aromatic heterocycles. The third kappa shape index (κ3) is 4.54. The molecule has 1 aliphatic heterocycles. The zero-order chi connectivity index (χ0) is 15.9. The molecule has 1 heterocycles. The molecule has 2 rings (SSSR count).